The third-order valence-corrected chi connectivity index (χ3v) is 2.31. The summed E-state index contributed by atoms with van der Waals surface area (Å²) in [5.41, 5.74) is 0.799. The zero-order valence-electron chi connectivity index (χ0n) is 9.14. The van der Waals surface area contributed by atoms with Crippen LogP contribution in [0, 0.1) is 5.92 Å². The normalized spacial score (nSPS) is 15.9. The Morgan fingerprint density at radius 1 is 1.50 bits per heavy atom. The third-order valence-electron chi connectivity index (χ3n) is 2.31. The highest BCUT2D eigenvalue weighted by molar-refractivity contribution is 5.09. The number of aliphatic hydroxyl groups is 1. The molecule has 4 nitrogen and oxygen atoms in total. The number of aliphatic hydroxyl groups excluding tert-OH is 1. The molecule has 2 atom stereocenters. The Morgan fingerprint density at radius 2 is 2.14 bits per heavy atom. The molecule has 80 valence electrons. The van der Waals surface area contributed by atoms with Gasteiger partial charge in [0.1, 0.15) is 6.10 Å². The first-order chi connectivity index (χ1) is 6.56. The van der Waals surface area contributed by atoms with Crippen molar-refractivity contribution in [1.29, 1.82) is 0 Å². The fourth-order valence-electron chi connectivity index (χ4n) is 1.55. The molecular weight excluding hydrogens is 180 g/mol. The van der Waals surface area contributed by atoms with E-state index in [4.69, 9.17) is 4.74 Å². The highest BCUT2D eigenvalue weighted by Gasteiger charge is 2.24. The van der Waals surface area contributed by atoms with Gasteiger partial charge in [0, 0.05) is 25.9 Å². The molecule has 1 aromatic heterocycles. The van der Waals surface area contributed by atoms with Crippen LogP contribution in [0.3, 0.4) is 0 Å². The van der Waals surface area contributed by atoms with Crippen molar-refractivity contribution in [2.75, 3.05) is 7.11 Å². The highest BCUT2D eigenvalue weighted by Crippen LogP contribution is 2.23. The SMILES string of the molecule is COC(C(C)C)C(O)c1cnn(C)c1. The van der Waals surface area contributed by atoms with Gasteiger partial charge in [-0.3, -0.25) is 4.68 Å². The number of aromatic nitrogens is 2. The molecule has 1 N–H and O–H groups in total. The standard InChI is InChI=1S/C10H18N2O2/c1-7(2)10(14-4)9(13)8-5-11-12(3)6-8/h5-7,9-10,13H,1-4H3. The monoisotopic (exact) mass is 198 g/mol. The average Bonchev–Trinajstić information content (AvgIpc) is 2.52. The molecular formula is C10H18N2O2. The number of hydrogen-bond acceptors (Lipinski definition) is 3. The van der Waals surface area contributed by atoms with Crippen LogP contribution >= 0.6 is 0 Å². The third kappa shape index (κ3) is 2.33. The number of methoxy groups -OCH3 is 1. The Morgan fingerprint density at radius 3 is 2.50 bits per heavy atom. The lowest BCUT2D eigenvalue weighted by Gasteiger charge is -2.23. The second kappa shape index (κ2) is 4.57. The molecule has 0 saturated heterocycles. The van der Waals surface area contributed by atoms with Crippen molar-refractivity contribution in [2.45, 2.75) is 26.1 Å². The van der Waals surface area contributed by atoms with Crippen LogP contribution in [-0.4, -0.2) is 28.1 Å². The molecule has 0 fully saturated rings. The molecule has 0 aliphatic carbocycles. The van der Waals surface area contributed by atoms with Crippen LogP contribution in [-0.2, 0) is 11.8 Å². The molecule has 2 unspecified atom stereocenters. The van der Waals surface area contributed by atoms with Crippen LogP contribution < -0.4 is 0 Å². The van der Waals surface area contributed by atoms with Gasteiger partial charge in [-0.2, -0.15) is 5.10 Å². The first kappa shape index (κ1) is 11.2. The molecule has 1 heterocycles. The lowest BCUT2D eigenvalue weighted by Crippen LogP contribution is -2.26. The Hall–Kier alpha value is -0.870. The van der Waals surface area contributed by atoms with Crippen LogP contribution in [0.5, 0.6) is 0 Å². The van der Waals surface area contributed by atoms with Crippen molar-refractivity contribution in [3.05, 3.63) is 18.0 Å². The minimum Gasteiger partial charge on any atom is -0.386 e. The van der Waals surface area contributed by atoms with E-state index in [1.54, 1.807) is 24.2 Å². The number of hydrogen-bond donors (Lipinski definition) is 1. The van der Waals surface area contributed by atoms with Gasteiger partial charge in [0.05, 0.1) is 12.3 Å². The number of aryl methyl sites for hydroxylation is 1. The van der Waals surface area contributed by atoms with Gasteiger partial charge in [0.15, 0.2) is 0 Å². The number of rotatable bonds is 4. The molecule has 14 heavy (non-hydrogen) atoms. The van der Waals surface area contributed by atoms with Crippen molar-refractivity contribution in [3.8, 4) is 0 Å². The maximum Gasteiger partial charge on any atom is 0.108 e. The molecule has 0 radical (unpaired) electrons. The molecule has 0 bridgehead atoms. The summed E-state index contributed by atoms with van der Waals surface area (Å²) in [7, 11) is 3.44. The van der Waals surface area contributed by atoms with Gasteiger partial charge in [0.25, 0.3) is 0 Å². The smallest absolute Gasteiger partial charge is 0.108 e. The van der Waals surface area contributed by atoms with E-state index in [1.807, 2.05) is 20.9 Å². The van der Waals surface area contributed by atoms with Gasteiger partial charge < -0.3 is 9.84 Å². The summed E-state index contributed by atoms with van der Waals surface area (Å²) in [4.78, 5) is 0. The van der Waals surface area contributed by atoms with Crippen LogP contribution in [0.4, 0.5) is 0 Å². The summed E-state index contributed by atoms with van der Waals surface area (Å²) in [5.74, 6) is 0.273. The Kier molecular flexibility index (Phi) is 3.66. The predicted octanol–water partition coefficient (Wildman–Crippen LogP) is 1.12. The largest absolute Gasteiger partial charge is 0.386 e. The Balaban J connectivity index is 2.77. The van der Waals surface area contributed by atoms with Crippen LogP contribution in [0.15, 0.2) is 12.4 Å². The van der Waals surface area contributed by atoms with E-state index in [1.165, 1.54) is 0 Å². The van der Waals surface area contributed by atoms with Crippen molar-refractivity contribution in [3.63, 3.8) is 0 Å². The fourth-order valence-corrected chi connectivity index (χ4v) is 1.55. The Labute approximate surface area is 84.5 Å². The lowest BCUT2D eigenvalue weighted by atomic mass is 9.98. The van der Waals surface area contributed by atoms with E-state index in [-0.39, 0.29) is 12.0 Å². The van der Waals surface area contributed by atoms with Gasteiger partial charge in [-0.1, -0.05) is 13.8 Å². The van der Waals surface area contributed by atoms with E-state index < -0.39 is 6.10 Å². The van der Waals surface area contributed by atoms with Crippen molar-refractivity contribution < 1.29 is 9.84 Å². The van der Waals surface area contributed by atoms with E-state index in [0.717, 1.165) is 5.56 Å². The van der Waals surface area contributed by atoms with Gasteiger partial charge in [-0.25, -0.2) is 0 Å². The zero-order chi connectivity index (χ0) is 10.7. The molecule has 0 aliphatic heterocycles. The van der Waals surface area contributed by atoms with Crippen molar-refractivity contribution >= 4 is 0 Å². The minimum atomic E-state index is -0.603. The van der Waals surface area contributed by atoms with E-state index in [0.29, 0.717) is 0 Å². The topological polar surface area (TPSA) is 47.3 Å². The minimum absolute atomic E-state index is 0.181. The van der Waals surface area contributed by atoms with Gasteiger partial charge in [0.2, 0.25) is 0 Å². The molecule has 1 rings (SSSR count). The number of nitrogens with zero attached hydrogens (tertiary/aromatic N) is 2. The summed E-state index contributed by atoms with van der Waals surface area (Å²) in [6.07, 6.45) is 2.69. The van der Waals surface area contributed by atoms with E-state index >= 15 is 0 Å². The maximum absolute atomic E-state index is 9.99. The second-order valence-electron chi connectivity index (χ2n) is 3.84. The molecule has 0 aromatic carbocycles. The van der Waals surface area contributed by atoms with Crippen LogP contribution in [0.2, 0.25) is 0 Å². The first-order valence-electron chi connectivity index (χ1n) is 4.75. The maximum atomic E-state index is 9.99. The summed E-state index contributed by atoms with van der Waals surface area (Å²) < 4.78 is 6.92. The number of ether oxygens (including phenoxy) is 1. The van der Waals surface area contributed by atoms with Gasteiger partial charge >= 0.3 is 0 Å². The summed E-state index contributed by atoms with van der Waals surface area (Å²) >= 11 is 0. The first-order valence-corrected chi connectivity index (χ1v) is 4.75. The molecule has 0 spiro atoms. The summed E-state index contributed by atoms with van der Waals surface area (Å²) in [6.45, 7) is 4.04. The van der Waals surface area contributed by atoms with Crippen LogP contribution in [0.25, 0.3) is 0 Å². The van der Waals surface area contributed by atoms with Crippen molar-refractivity contribution in [1.82, 2.24) is 9.78 Å². The summed E-state index contributed by atoms with van der Waals surface area (Å²) in [5, 5.41) is 14.0. The average molecular weight is 198 g/mol. The fraction of sp³-hybridized carbons (Fsp3) is 0.700. The van der Waals surface area contributed by atoms with Crippen molar-refractivity contribution in [2.24, 2.45) is 13.0 Å². The molecule has 0 saturated carbocycles. The predicted molar refractivity (Wildman–Crippen MR) is 53.8 cm³/mol. The van der Waals surface area contributed by atoms with Gasteiger partial charge in [-0.05, 0) is 5.92 Å². The summed E-state index contributed by atoms with van der Waals surface area (Å²) in [6, 6.07) is 0. The molecule has 4 heteroatoms. The van der Waals surface area contributed by atoms with E-state index in [2.05, 4.69) is 5.10 Å². The molecule has 0 aliphatic rings. The lowest BCUT2D eigenvalue weighted by molar-refractivity contribution is -0.0391. The Bertz CT molecular complexity index is 283. The molecule has 1 aromatic rings. The quantitative estimate of drug-likeness (QED) is 0.788. The highest BCUT2D eigenvalue weighted by atomic mass is 16.5. The molecule has 0 amide bonds. The van der Waals surface area contributed by atoms with E-state index in [9.17, 15) is 5.11 Å². The van der Waals surface area contributed by atoms with Gasteiger partial charge in [-0.15, -0.1) is 0 Å². The zero-order valence-corrected chi connectivity index (χ0v) is 9.14. The second-order valence-corrected chi connectivity index (χ2v) is 3.84. The van der Waals surface area contributed by atoms with Crippen LogP contribution in [0.1, 0.15) is 25.5 Å².